The number of anilines is 1. The van der Waals surface area contributed by atoms with Gasteiger partial charge in [0.15, 0.2) is 0 Å². The third kappa shape index (κ3) is 8.12. The van der Waals surface area contributed by atoms with Crippen LogP contribution < -0.4 is 10.6 Å². The topological polar surface area (TPSA) is 93.7 Å². The number of carbonyl (C=O) groups excluding carboxylic acids is 3. The highest BCUT2D eigenvalue weighted by Gasteiger charge is 2.25. The molecule has 2 aromatic rings. The molecule has 0 spiro atoms. The molecular weight excluding hydrogens is 396 g/mol. The number of carbonyl (C=O) groups is 3. The molecule has 0 unspecified atom stereocenters. The number of esters is 1. The van der Waals surface area contributed by atoms with Crippen molar-refractivity contribution in [2.75, 3.05) is 11.9 Å². The normalized spacial score (nSPS) is 11.9. The SMILES string of the molecule is Cc1ccc(C)c(NC(=O)[C@@H](OC(=O)CCNC(=O)OC(C)(C)C)c2ccccc2)c1. The first-order valence-corrected chi connectivity index (χ1v) is 10.1. The Hall–Kier alpha value is -3.35. The van der Waals surface area contributed by atoms with Crippen LogP contribution in [0.5, 0.6) is 0 Å². The van der Waals surface area contributed by atoms with Gasteiger partial charge in [-0.15, -0.1) is 0 Å². The van der Waals surface area contributed by atoms with E-state index in [2.05, 4.69) is 10.6 Å². The summed E-state index contributed by atoms with van der Waals surface area (Å²) >= 11 is 0. The molecule has 2 amide bonds. The number of alkyl carbamates (subject to hydrolysis) is 1. The molecule has 31 heavy (non-hydrogen) atoms. The van der Waals surface area contributed by atoms with Crippen LogP contribution in [0.3, 0.4) is 0 Å². The van der Waals surface area contributed by atoms with Crippen LogP contribution in [-0.4, -0.2) is 30.1 Å². The number of nitrogens with one attached hydrogen (secondary N) is 2. The summed E-state index contributed by atoms with van der Waals surface area (Å²) in [6.45, 7) is 9.11. The van der Waals surface area contributed by atoms with Crippen LogP contribution in [0.2, 0.25) is 0 Å². The molecule has 0 aliphatic carbocycles. The summed E-state index contributed by atoms with van der Waals surface area (Å²) in [6.07, 6.45) is -1.83. The van der Waals surface area contributed by atoms with Gasteiger partial charge in [0.05, 0.1) is 6.42 Å². The number of rotatable bonds is 7. The third-order valence-electron chi connectivity index (χ3n) is 4.24. The summed E-state index contributed by atoms with van der Waals surface area (Å²) in [5.74, 6) is -1.06. The Morgan fingerprint density at radius 3 is 2.32 bits per heavy atom. The minimum absolute atomic E-state index is 0.0356. The Labute approximate surface area is 183 Å². The van der Waals surface area contributed by atoms with Crippen LogP contribution in [0.25, 0.3) is 0 Å². The Morgan fingerprint density at radius 1 is 1.00 bits per heavy atom. The molecule has 0 saturated heterocycles. The molecule has 0 fully saturated rings. The van der Waals surface area contributed by atoms with Gasteiger partial charge in [0.25, 0.3) is 5.91 Å². The van der Waals surface area contributed by atoms with Crippen LogP contribution in [-0.2, 0) is 19.1 Å². The average molecular weight is 427 g/mol. The van der Waals surface area contributed by atoms with Gasteiger partial charge in [-0.25, -0.2) is 4.79 Å². The molecule has 0 saturated carbocycles. The van der Waals surface area contributed by atoms with Gasteiger partial charge >= 0.3 is 12.1 Å². The number of aryl methyl sites for hydroxylation is 2. The summed E-state index contributed by atoms with van der Waals surface area (Å²) in [4.78, 5) is 37.1. The van der Waals surface area contributed by atoms with E-state index < -0.39 is 29.7 Å². The number of benzene rings is 2. The van der Waals surface area contributed by atoms with Crippen molar-refractivity contribution in [1.82, 2.24) is 5.32 Å². The van der Waals surface area contributed by atoms with Crippen LogP contribution in [0.1, 0.15) is 50.0 Å². The molecule has 0 aliphatic heterocycles. The summed E-state index contributed by atoms with van der Waals surface area (Å²) in [5.41, 5.74) is 2.49. The zero-order valence-corrected chi connectivity index (χ0v) is 18.7. The Kier molecular flexibility index (Phi) is 8.19. The lowest BCUT2D eigenvalue weighted by atomic mass is 10.1. The maximum absolute atomic E-state index is 13.0. The lowest BCUT2D eigenvalue weighted by Gasteiger charge is -2.20. The van der Waals surface area contributed by atoms with E-state index in [1.165, 1.54) is 0 Å². The second-order valence-corrected chi connectivity index (χ2v) is 8.27. The van der Waals surface area contributed by atoms with Gasteiger partial charge in [-0.1, -0.05) is 42.5 Å². The van der Waals surface area contributed by atoms with Crippen molar-refractivity contribution >= 4 is 23.7 Å². The van der Waals surface area contributed by atoms with Crippen molar-refractivity contribution in [2.45, 2.75) is 52.7 Å². The standard InChI is InChI=1S/C24H30N2O5/c1-16-11-12-17(2)19(15-16)26-22(28)21(18-9-7-6-8-10-18)30-20(27)13-14-25-23(29)31-24(3,4)5/h6-12,15,21H,13-14H2,1-5H3,(H,25,29)(H,26,28)/t21-/m0/s1. The van der Waals surface area contributed by atoms with Crippen molar-refractivity contribution in [3.8, 4) is 0 Å². The summed E-state index contributed by atoms with van der Waals surface area (Å²) < 4.78 is 10.6. The first-order chi connectivity index (χ1) is 14.5. The van der Waals surface area contributed by atoms with E-state index in [0.717, 1.165) is 11.1 Å². The van der Waals surface area contributed by atoms with Crippen molar-refractivity contribution in [1.29, 1.82) is 0 Å². The van der Waals surface area contributed by atoms with E-state index in [9.17, 15) is 14.4 Å². The first-order valence-electron chi connectivity index (χ1n) is 10.1. The lowest BCUT2D eigenvalue weighted by Crippen LogP contribution is -2.34. The van der Waals surface area contributed by atoms with E-state index in [-0.39, 0.29) is 13.0 Å². The van der Waals surface area contributed by atoms with Crippen LogP contribution in [0, 0.1) is 13.8 Å². The molecular formula is C24H30N2O5. The molecule has 166 valence electrons. The number of amides is 2. The lowest BCUT2D eigenvalue weighted by molar-refractivity contribution is -0.154. The average Bonchev–Trinajstić information content (AvgIpc) is 2.68. The number of ether oxygens (including phenoxy) is 2. The van der Waals surface area contributed by atoms with Gasteiger partial charge in [0, 0.05) is 17.8 Å². The van der Waals surface area contributed by atoms with Gasteiger partial charge in [-0.05, 0) is 51.8 Å². The minimum atomic E-state index is -1.12. The zero-order chi connectivity index (χ0) is 23.0. The van der Waals surface area contributed by atoms with Gasteiger partial charge in [-0.2, -0.15) is 0 Å². The molecule has 7 nitrogen and oxygen atoms in total. The van der Waals surface area contributed by atoms with Crippen LogP contribution in [0.4, 0.5) is 10.5 Å². The van der Waals surface area contributed by atoms with Gasteiger partial charge in [0.2, 0.25) is 6.10 Å². The maximum Gasteiger partial charge on any atom is 0.407 e. The molecule has 2 N–H and O–H groups in total. The number of hydrogen-bond donors (Lipinski definition) is 2. The van der Waals surface area contributed by atoms with E-state index in [1.807, 2.05) is 38.1 Å². The maximum atomic E-state index is 13.0. The smallest absolute Gasteiger partial charge is 0.407 e. The predicted molar refractivity (Wildman–Crippen MR) is 119 cm³/mol. The van der Waals surface area contributed by atoms with E-state index >= 15 is 0 Å². The van der Waals surface area contributed by atoms with E-state index in [1.54, 1.807) is 45.0 Å². The van der Waals surface area contributed by atoms with E-state index in [0.29, 0.717) is 11.3 Å². The van der Waals surface area contributed by atoms with Gasteiger partial charge in [-0.3, -0.25) is 9.59 Å². The molecule has 0 heterocycles. The molecule has 0 aromatic heterocycles. The van der Waals surface area contributed by atoms with Crippen molar-refractivity contribution < 1.29 is 23.9 Å². The van der Waals surface area contributed by atoms with Crippen LogP contribution >= 0.6 is 0 Å². The summed E-state index contributed by atoms with van der Waals surface area (Å²) in [7, 11) is 0. The quantitative estimate of drug-likeness (QED) is 0.639. The summed E-state index contributed by atoms with van der Waals surface area (Å²) in [5, 5.41) is 5.35. The highest BCUT2D eigenvalue weighted by molar-refractivity contribution is 5.96. The fourth-order valence-corrected chi connectivity index (χ4v) is 2.74. The zero-order valence-electron chi connectivity index (χ0n) is 18.7. The molecule has 0 bridgehead atoms. The molecule has 2 rings (SSSR count). The second kappa shape index (κ2) is 10.6. The Balaban J connectivity index is 2.03. The largest absolute Gasteiger partial charge is 0.447 e. The molecule has 0 aliphatic rings. The van der Waals surface area contributed by atoms with Crippen molar-refractivity contribution in [3.05, 3.63) is 65.2 Å². The highest BCUT2D eigenvalue weighted by Crippen LogP contribution is 2.23. The van der Waals surface area contributed by atoms with Crippen LogP contribution in [0.15, 0.2) is 48.5 Å². The molecule has 7 heteroatoms. The fourth-order valence-electron chi connectivity index (χ4n) is 2.74. The number of hydrogen-bond acceptors (Lipinski definition) is 5. The van der Waals surface area contributed by atoms with Gasteiger partial charge in [0.1, 0.15) is 5.60 Å². The monoisotopic (exact) mass is 426 g/mol. The van der Waals surface area contributed by atoms with Gasteiger partial charge < -0.3 is 20.1 Å². The Bertz CT molecular complexity index is 919. The Morgan fingerprint density at radius 2 is 1.68 bits per heavy atom. The first kappa shape index (κ1) is 23.9. The van der Waals surface area contributed by atoms with E-state index in [4.69, 9.17) is 9.47 Å². The second-order valence-electron chi connectivity index (χ2n) is 8.27. The minimum Gasteiger partial charge on any atom is -0.447 e. The van der Waals surface area contributed by atoms with Crippen molar-refractivity contribution in [3.63, 3.8) is 0 Å². The third-order valence-corrected chi connectivity index (χ3v) is 4.24. The fraction of sp³-hybridized carbons (Fsp3) is 0.375. The van der Waals surface area contributed by atoms with Crippen molar-refractivity contribution in [2.24, 2.45) is 0 Å². The summed E-state index contributed by atoms with van der Waals surface area (Å²) in [6, 6.07) is 14.5. The molecule has 2 aromatic carbocycles. The highest BCUT2D eigenvalue weighted by atomic mass is 16.6. The molecule has 1 atom stereocenters. The predicted octanol–water partition coefficient (Wildman–Crippen LogP) is 4.44. The molecule has 0 radical (unpaired) electrons.